The van der Waals surface area contributed by atoms with E-state index in [0.717, 1.165) is 50.0 Å². The van der Waals surface area contributed by atoms with Crippen molar-refractivity contribution in [2.45, 2.75) is 38.3 Å². The van der Waals surface area contributed by atoms with Crippen molar-refractivity contribution in [3.63, 3.8) is 0 Å². The Bertz CT molecular complexity index is 878. The lowest BCUT2D eigenvalue weighted by Gasteiger charge is -2.35. The Hall–Kier alpha value is -3.02. The van der Waals surface area contributed by atoms with Gasteiger partial charge in [0.2, 0.25) is 0 Å². The van der Waals surface area contributed by atoms with Crippen LogP contribution in [-0.2, 0) is 6.54 Å². The quantitative estimate of drug-likeness (QED) is 0.698. The third-order valence-electron chi connectivity index (χ3n) is 5.07. The number of carbonyl (C=O) groups excluding carboxylic acids is 1. The Morgan fingerprint density at radius 3 is 2.74 bits per heavy atom. The molecule has 4 rings (SSSR count). The molecule has 1 unspecified atom stereocenters. The minimum atomic E-state index is 0.0314. The average molecular weight is 361 g/mol. The number of carbonyl (C=O) groups is 1. The second-order valence-corrected chi connectivity index (χ2v) is 6.88. The van der Waals surface area contributed by atoms with E-state index in [1.54, 1.807) is 12.3 Å². The summed E-state index contributed by atoms with van der Waals surface area (Å²) < 4.78 is 1.88. The number of rotatable bonds is 5. The molecule has 27 heavy (non-hydrogen) atoms. The van der Waals surface area contributed by atoms with Crippen LogP contribution in [0.2, 0.25) is 0 Å². The zero-order valence-corrected chi connectivity index (χ0v) is 15.2. The number of hydrogen-bond donors (Lipinski definition) is 0. The molecule has 1 fully saturated rings. The van der Waals surface area contributed by atoms with Crippen molar-refractivity contribution in [2.75, 3.05) is 6.54 Å². The van der Waals surface area contributed by atoms with Crippen molar-refractivity contribution in [2.24, 2.45) is 0 Å². The molecule has 0 spiro atoms. The second kappa shape index (κ2) is 8.12. The van der Waals surface area contributed by atoms with Crippen LogP contribution in [0.15, 0.2) is 60.9 Å². The third-order valence-corrected chi connectivity index (χ3v) is 5.07. The van der Waals surface area contributed by atoms with E-state index in [4.69, 9.17) is 0 Å². The van der Waals surface area contributed by atoms with Gasteiger partial charge in [0.15, 0.2) is 0 Å². The maximum absolute atomic E-state index is 12.8. The highest BCUT2D eigenvalue weighted by Crippen LogP contribution is 2.22. The molecule has 6 heteroatoms. The topological polar surface area (TPSA) is 63.9 Å². The van der Waals surface area contributed by atoms with Gasteiger partial charge < -0.3 is 4.90 Å². The third kappa shape index (κ3) is 4.05. The maximum Gasteiger partial charge on any atom is 0.272 e. The molecule has 0 saturated carbocycles. The van der Waals surface area contributed by atoms with Crippen molar-refractivity contribution >= 4 is 5.91 Å². The Labute approximate surface area is 158 Å². The number of hydrogen-bond acceptors (Lipinski definition) is 4. The van der Waals surface area contributed by atoms with E-state index in [-0.39, 0.29) is 11.9 Å². The highest BCUT2D eigenvalue weighted by Gasteiger charge is 2.27. The molecule has 1 aromatic carbocycles. The predicted octanol–water partition coefficient (Wildman–Crippen LogP) is 3.43. The summed E-state index contributed by atoms with van der Waals surface area (Å²) in [7, 11) is 0. The standard InChI is InChI=1S/C21H23N5O/c27-21(19-11-4-6-13-22-19)26-14-7-5-10-18(26)12-15-25-16-20(23-24-25)17-8-2-1-3-9-17/h1-4,6,8-9,11,13,16,18H,5,7,10,12,14-15H2. The first-order valence-corrected chi connectivity index (χ1v) is 9.49. The molecular formula is C21H23N5O. The van der Waals surface area contributed by atoms with Gasteiger partial charge in [-0.3, -0.25) is 14.5 Å². The zero-order valence-electron chi connectivity index (χ0n) is 15.2. The van der Waals surface area contributed by atoms with Gasteiger partial charge >= 0.3 is 0 Å². The van der Waals surface area contributed by atoms with Crippen LogP contribution in [0.1, 0.15) is 36.2 Å². The first kappa shape index (κ1) is 17.4. The number of likely N-dealkylation sites (tertiary alicyclic amines) is 1. The fourth-order valence-corrected chi connectivity index (χ4v) is 3.63. The summed E-state index contributed by atoms with van der Waals surface area (Å²) >= 11 is 0. The summed E-state index contributed by atoms with van der Waals surface area (Å²) in [6.45, 7) is 1.54. The molecule has 1 aliphatic heterocycles. The number of aromatic nitrogens is 4. The fraction of sp³-hybridized carbons (Fsp3) is 0.333. The fourth-order valence-electron chi connectivity index (χ4n) is 3.63. The van der Waals surface area contributed by atoms with Crippen molar-refractivity contribution in [1.29, 1.82) is 0 Å². The molecule has 0 radical (unpaired) electrons. The molecular weight excluding hydrogens is 338 g/mol. The summed E-state index contributed by atoms with van der Waals surface area (Å²) in [6.07, 6.45) is 7.75. The van der Waals surface area contributed by atoms with Gasteiger partial charge in [-0.15, -0.1) is 5.10 Å². The van der Waals surface area contributed by atoms with Crippen LogP contribution in [0.25, 0.3) is 11.3 Å². The number of benzene rings is 1. The van der Waals surface area contributed by atoms with E-state index in [1.807, 2.05) is 58.2 Å². The zero-order chi connectivity index (χ0) is 18.5. The van der Waals surface area contributed by atoms with E-state index in [1.165, 1.54) is 0 Å². The summed E-state index contributed by atoms with van der Waals surface area (Å²) in [5.41, 5.74) is 2.46. The highest BCUT2D eigenvalue weighted by atomic mass is 16.2. The van der Waals surface area contributed by atoms with Crippen molar-refractivity contribution < 1.29 is 4.79 Å². The minimum absolute atomic E-state index is 0.0314. The van der Waals surface area contributed by atoms with E-state index in [0.29, 0.717) is 5.69 Å². The number of aryl methyl sites for hydroxylation is 1. The molecule has 0 bridgehead atoms. The molecule has 1 atom stereocenters. The normalized spacial score (nSPS) is 17.0. The van der Waals surface area contributed by atoms with Gasteiger partial charge in [0, 0.05) is 30.9 Å². The maximum atomic E-state index is 12.8. The molecule has 0 N–H and O–H groups in total. The summed E-state index contributed by atoms with van der Waals surface area (Å²) in [4.78, 5) is 19.1. The minimum Gasteiger partial charge on any atom is -0.334 e. The van der Waals surface area contributed by atoms with Crippen molar-refractivity contribution in [1.82, 2.24) is 24.9 Å². The van der Waals surface area contributed by atoms with Crippen LogP contribution in [0.5, 0.6) is 0 Å². The van der Waals surface area contributed by atoms with Crippen LogP contribution in [-0.4, -0.2) is 43.4 Å². The van der Waals surface area contributed by atoms with E-state index in [9.17, 15) is 4.79 Å². The van der Waals surface area contributed by atoms with E-state index < -0.39 is 0 Å². The molecule has 2 aromatic heterocycles. The molecule has 3 aromatic rings. The van der Waals surface area contributed by atoms with Crippen LogP contribution < -0.4 is 0 Å². The molecule has 0 aliphatic carbocycles. The van der Waals surface area contributed by atoms with Crippen molar-refractivity contribution in [3.05, 3.63) is 66.6 Å². The Kier molecular flexibility index (Phi) is 5.23. The first-order valence-electron chi connectivity index (χ1n) is 9.49. The Morgan fingerprint density at radius 2 is 1.93 bits per heavy atom. The predicted molar refractivity (Wildman–Crippen MR) is 103 cm³/mol. The van der Waals surface area contributed by atoms with Crippen LogP contribution in [0, 0.1) is 0 Å². The molecule has 1 amide bonds. The first-order chi connectivity index (χ1) is 13.3. The lowest BCUT2D eigenvalue weighted by atomic mass is 9.98. The highest BCUT2D eigenvalue weighted by molar-refractivity contribution is 5.92. The van der Waals surface area contributed by atoms with Gasteiger partial charge in [-0.05, 0) is 37.8 Å². The van der Waals surface area contributed by atoms with Gasteiger partial charge in [-0.2, -0.15) is 0 Å². The molecule has 3 heterocycles. The second-order valence-electron chi connectivity index (χ2n) is 6.88. The van der Waals surface area contributed by atoms with Gasteiger partial charge in [0.1, 0.15) is 11.4 Å². The lowest BCUT2D eigenvalue weighted by molar-refractivity contribution is 0.0587. The van der Waals surface area contributed by atoms with E-state index in [2.05, 4.69) is 15.3 Å². The monoisotopic (exact) mass is 361 g/mol. The smallest absolute Gasteiger partial charge is 0.272 e. The summed E-state index contributed by atoms with van der Waals surface area (Å²) in [5.74, 6) is 0.0314. The average Bonchev–Trinajstić information content (AvgIpc) is 3.22. The molecule has 6 nitrogen and oxygen atoms in total. The van der Waals surface area contributed by atoms with Gasteiger partial charge in [0.05, 0.1) is 6.20 Å². The summed E-state index contributed by atoms with van der Waals surface area (Å²) in [5, 5.41) is 8.53. The van der Waals surface area contributed by atoms with Gasteiger partial charge in [-0.1, -0.05) is 41.6 Å². The van der Waals surface area contributed by atoms with Crippen LogP contribution >= 0.6 is 0 Å². The number of pyridine rings is 1. The molecule has 138 valence electrons. The van der Waals surface area contributed by atoms with Gasteiger partial charge in [-0.25, -0.2) is 0 Å². The Balaban J connectivity index is 1.42. The van der Waals surface area contributed by atoms with Crippen LogP contribution in [0.3, 0.4) is 0 Å². The van der Waals surface area contributed by atoms with Crippen LogP contribution in [0.4, 0.5) is 0 Å². The largest absolute Gasteiger partial charge is 0.334 e. The number of nitrogens with zero attached hydrogens (tertiary/aromatic N) is 5. The Morgan fingerprint density at radius 1 is 1.07 bits per heavy atom. The SMILES string of the molecule is O=C(c1ccccn1)N1CCCCC1CCn1cc(-c2ccccc2)nn1. The number of piperidine rings is 1. The molecule has 1 saturated heterocycles. The summed E-state index contributed by atoms with van der Waals surface area (Å²) in [6, 6.07) is 15.7. The van der Waals surface area contributed by atoms with Gasteiger partial charge in [0.25, 0.3) is 5.91 Å². The van der Waals surface area contributed by atoms with Crippen molar-refractivity contribution in [3.8, 4) is 11.3 Å². The number of amides is 1. The lowest BCUT2D eigenvalue weighted by Crippen LogP contribution is -2.44. The molecule has 1 aliphatic rings. The van der Waals surface area contributed by atoms with E-state index >= 15 is 0 Å².